The number of hydrogen-bond donors (Lipinski definition) is 4. The summed E-state index contributed by atoms with van der Waals surface area (Å²) in [6, 6.07) is 0. The second-order valence-corrected chi connectivity index (χ2v) is 1.67. The summed E-state index contributed by atoms with van der Waals surface area (Å²) in [5.74, 6) is 0. The molecule has 0 aliphatic carbocycles. The number of rotatable bonds is 0. The van der Waals surface area contributed by atoms with Crippen LogP contribution in [0.3, 0.4) is 0 Å². The zero-order valence-electron chi connectivity index (χ0n) is 5.00. The van der Waals surface area contributed by atoms with Gasteiger partial charge < -0.3 is 15.1 Å². The van der Waals surface area contributed by atoms with Crippen LogP contribution in [0, 0.1) is 0 Å². The molecule has 0 aromatic rings. The van der Waals surface area contributed by atoms with Gasteiger partial charge in [0, 0.05) is 0 Å². The quantitative estimate of drug-likeness (QED) is 0.207. The van der Waals surface area contributed by atoms with Gasteiger partial charge in [0.15, 0.2) is 0 Å². The first kappa shape index (κ1) is 16.8. The fourth-order valence-electron chi connectivity index (χ4n) is 0. The average molecular weight is 166 g/mol. The molecule has 56 valence electrons. The van der Waals surface area contributed by atoms with Gasteiger partial charge in [-0.15, -0.1) is 0 Å². The van der Waals surface area contributed by atoms with Crippen molar-refractivity contribution in [2.24, 2.45) is 0 Å². The first-order chi connectivity index (χ1) is 3.73. The van der Waals surface area contributed by atoms with E-state index in [-0.39, 0.29) is 18.9 Å². The average Bonchev–Trinajstić information content (AvgIpc) is 1.19. The van der Waals surface area contributed by atoms with Crippen LogP contribution >= 0.6 is 0 Å². The summed E-state index contributed by atoms with van der Waals surface area (Å²) in [5.41, 5.74) is 0. The molecule has 10 heavy (non-hydrogen) atoms. The van der Waals surface area contributed by atoms with Crippen LogP contribution in [0.5, 0.6) is 0 Å². The van der Waals surface area contributed by atoms with Crippen molar-refractivity contribution in [2.75, 3.05) is 0 Å². The summed E-state index contributed by atoms with van der Waals surface area (Å²) in [7, 11) is -7.08. The van der Waals surface area contributed by atoms with Crippen LogP contribution < -0.4 is 23.9 Å². The molecule has 0 unspecified atom stereocenters. The third kappa shape index (κ3) is 2720. The van der Waals surface area contributed by atoms with Gasteiger partial charge in [0.1, 0.15) is 0 Å². The van der Waals surface area contributed by atoms with Crippen molar-refractivity contribution in [3.8, 4) is 0 Å². The number of hydrogen-bond acceptors (Lipinski definition) is 5. The molecule has 0 bridgehead atoms. The van der Waals surface area contributed by atoms with Crippen molar-refractivity contribution < 1.29 is 51.5 Å². The first-order valence-electron chi connectivity index (χ1n) is 1.45. The Morgan fingerprint density at radius 1 is 1.20 bits per heavy atom. The Kier molecular flexibility index (Phi) is 12.6. The summed E-state index contributed by atoms with van der Waals surface area (Å²) in [6.45, 7) is 0. The monoisotopic (exact) mass is 166 g/mol. The molecule has 0 aromatic carbocycles. The van der Waals surface area contributed by atoms with E-state index >= 15 is 0 Å². The molecule has 0 rings (SSSR count). The molecule has 0 radical (unpaired) electrons. The SMILES string of the molecule is O=S(=O)(O)O.[Li+].[O-]B(O)O. The summed E-state index contributed by atoms with van der Waals surface area (Å²) >= 11 is 0. The third-order valence-electron chi connectivity index (χ3n) is 0. The van der Waals surface area contributed by atoms with Gasteiger partial charge in [0.25, 0.3) is 0 Å². The molecule has 0 saturated carbocycles. The Labute approximate surface area is 69.6 Å². The molecule has 0 aliphatic heterocycles. The zero-order chi connectivity index (χ0) is 8.08. The maximum Gasteiger partial charge on any atom is 1.00 e. The van der Waals surface area contributed by atoms with Crippen molar-refractivity contribution in [3.05, 3.63) is 0 Å². The van der Waals surface area contributed by atoms with Crippen LogP contribution in [-0.4, -0.2) is 34.9 Å². The normalized spacial score (nSPS) is 8.50. The van der Waals surface area contributed by atoms with Crippen molar-refractivity contribution in [1.29, 1.82) is 0 Å². The molecular formula is H4BLiO7S. The standard InChI is InChI=1S/BH2O3.Li.H2O4S/c2-1(3)4;;1-5(2,3)4/h2-3H;;(H2,1,2,3,4)/q-1;+1;. The van der Waals surface area contributed by atoms with E-state index in [4.69, 9.17) is 32.6 Å². The largest absolute Gasteiger partial charge is 1.00 e. The van der Waals surface area contributed by atoms with Gasteiger partial charge in [0.05, 0.1) is 0 Å². The Hall–Kier alpha value is 0.412. The Morgan fingerprint density at radius 2 is 1.20 bits per heavy atom. The van der Waals surface area contributed by atoms with Crippen molar-refractivity contribution in [3.63, 3.8) is 0 Å². The molecule has 10 heteroatoms. The fraction of sp³-hybridized carbons (Fsp3) is 0. The molecule has 4 N–H and O–H groups in total. The molecule has 0 atom stereocenters. The van der Waals surface area contributed by atoms with E-state index in [1.807, 2.05) is 0 Å². The van der Waals surface area contributed by atoms with Crippen LogP contribution in [0.4, 0.5) is 0 Å². The molecule has 7 nitrogen and oxygen atoms in total. The van der Waals surface area contributed by atoms with E-state index in [0.29, 0.717) is 0 Å². The maximum absolute atomic E-state index is 8.74. The Bertz CT molecular complexity index is 125. The van der Waals surface area contributed by atoms with Gasteiger partial charge in [-0.1, -0.05) is 0 Å². The smallest absolute Gasteiger partial charge is 0.832 e. The van der Waals surface area contributed by atoms with Crippen LogP contribution in [0.1, 0.15) is 0 Å². The van der Waals surface area contributed by atoms with Crippen LogP contribution in [-0.2, 0) is 10.4 Å². The molecular weight excluding hydrogens is 162 g/mol. The molecule has 0 fully saturated rings. The molecule has 0 saturated heterocycles. The van der Waals surface area contributed by atoms with E-state index in [1.165, 1.54) is 0 Å². The van der Waals surface area contributed by atoms with E-state index < -0.39 is 17.7 Å². The molecule has 0 aromatic heterocycles. The van der Waals surface area contributed by atoms with Crippen LogP contribution in [0.25, 0.3) is 0 Å². The second-order valence-electron chi connectivity index (χ2n) is 0.774. The predicted octanol–water partition coefficient (Wildman–Crippen LogP) is -6.33. The summed E-state index contributed by atoms with van der Waals surface area (Å²) < 4.78 is 31.6. The minimum Gasteiger partial charge on any atom is -0.832 e. The zero-order valence-corrected chi connectivity index (χ0v) is 5.82. The molecule has 0 spiro atoms. The predicted molar refractivity (Wildman–Crippen MR) is 24.4 cm³/mol. The third-order valence-corrected chi connectivity index (χ3v) is 0. The summed E-state index contributed by atoms with van der Waals surface area (Å²) in [6.07, 6.45) is 0. The van der Waals surface area contributed by atoms with E-state index in [2.05, 4.69) is 0 Å². The van der Waals surface area contributed by atoms with Gasteiger partial charge >= 0.3 is 36.6 Å². The Balaban J connectivity index is -0.0000000910. The van der Waals surface area contributed by atoms with E-state index in [0.717, 1.165) is 0 Å². The summed E-state index contributed by atoms with van der Waals surface area (Å²) in [4.78, 5) is 0. The second kappa shape index (κ2) is 7.52. The van der Waals surface area contributed by atoms with E-state index in [9.17, 15) is 0 Å². The van der Waals surface area contributed by atoms with Crippen LogP contribution in [0.15, 0.2) is 0 Å². The topological polar surface area (TPSA) is 138 Å². The Morgan fingerprint density at radius 3 is 1.20 bits per heavy atom. The van der Waals surface area contributed by atoms with E-state index in [1.54, 1.807) is 0 Å². The van der Waals surface area contributed by atoms with Gasteiger partial charge in [-0.05, 0) is 0 Å². The summed E-state index contributed by atoms with van der Waals surface area (Å²) in [5, 5.41) is 22.8. The van der Waals surface area contributed by atoms with Crippen molar-refractivity contribution in [1.82, 2.24) is 0 Å². The maximum atomic E-state index is 8.74. The first-order valence-corrected chi connectivity index (χ1v) is 2.85. The van der Waals surface area contributed by atoms with Gasteiger partial charge in [-0.3, -0.25) is 9.11 Å². The molecule has 0 amide bonds. The minimum absolute atomic E-state index is 0. The minimum atomic E-state index is -4.67. The van der Waals surface area contributed by atoms with Crippen LogP contribution in [0.2, 0.25) is 0 Å². The fourth-order valence-corrected chi connectivity index (χ4v) is 0. The van der Waals surface area contributed by atoms with Gasteiger partial charge in [-0.25, -0.2) is 0 Å². The van der Waals surface area contributed by atoms with Gasteiger partial charge in [-0.2, -0.15) is 8.42 Å². The molecule has 0 aliphatic rings. The van der Waals surface area contributed by atoms with Crippen molar-refractivity contribution in [2.45, 2.75) is 0 Å². The van der Waals surface area contributed by atoms with Gasteiger partial charge in [0.2, 0.25) is 0 Å². The molecule has 0 heterocycles. The van der Waals surface area contributed by atoms with Crippen molar-refractivity contribution >= 4 is 17.7 Å².